The van der Waals surface area contributed by atoms with E-state index in [0.717, 1.165) is 12.1 Å². The monoisotopic (exact) mass is 424 g/mol. The molecule has 11 heteroatoms. The maximum Gasteiger partial charge on any atom is 0.439 e. The van der Waals surface area contributed by atoms with Crippen molar-refractivity contribution in [1.82, 2.24) is 15.1 Å². The first-order valence-electron chi connectivity index (χ1n) is 8.96. The van der Waals surface area contributed by atoms with Crippen LogP contribution in [0.4, 0.5) is 24.7 Å². The number of alkyl halides is 3. The first kappa shape index (κ1) is 21.4. The van der Waals surface area contributed by atoms with Gasteiger partial charge in [0.05, 0.1) is 12.2 Å². The van der Waals surface area contributed by atoms with Gasteiger partial charge in [0.15, 0.2) is 5.82 Å². The molecule has 3 aromatic rings. The maximum absolute atomic E-state index is 12.8. The molecule has 30 heavy (non-hydrogen) atoms. The molecule has 0 fully saturated rings. The molecule has 160 valence electrons. The van der Waals surface area contributed by atoms with Gasteiger partial charge in [-0.1, -0.05) is 5.16 Å². The fraction of sp³-hybridized carbons (Fsp3) is 0.316. The summed E-state index contributed by atoms with van der Waals surface area (Å²) in [7, 11) is 0. The highest BCUT2D eigenvalue weighted by molar-refractivity contribution is 5.81. The molecule has 3 N–H and O–H groups in total. The molecule has 0 bridgehead atoms. The lowest BCUT2D eigenvalue weighted by Crippen LogP contribution is -2.09. The van der Waals surface area contributed by atoms with Gasteiger partial charge in [-0.15, -0.1) is 0 Å². The van der Waals surface area contributed by atoms with E-state index in [1.807, 2.05) is 0 Å². The zero-order valence-electron chi connectivity index (χ0n) is 16.1. The van der Waals surface area contributed by atoms with Crippen LogP contribution in [0.3, 0.4) is 0 Å². The number of pyridine rings is 1. The van der Waals surface area contributed by atoms with E-state index in [-0.39, 0.29) is 30.4 Å². The van der Waals surface area contributed by atoms with Crippen molar-refractivity contribution in [3.8, 4) is 17.1 Å². The van der Waals surface area contributed by atoms with Crippen molar-refractivity contribution >= 4 is 11.5 Å². The largest absolute Gasteiger partial charge is 0.492 e. The Kier molecular flexibility index (Phi) is 6.11. The Bertz CT molecular complexity index is 1070. The Labute approximate surface area is 168 Å². The molecule has 2 aromatic heterocycles. The second kappa shape index (κ2) is 8.57. The predicted molar refractivity (Wildman–Crippen MR) is 102 cm³/mol. The number of aromatic nitrogens is 3. The Balaban J connectivity index is 2.07. The Morgan fingerprint density at radius 1 is 1.23 bits per heavy atom. The number of ether oxygens (including phenoxy) is 1. The van der Waals surface area contributed by atoms with Crippen molar-refractivity contribution in [3.05, 3.63) is 51.6 Å². The summed E-state index contributed by atoms with van der Waals surface area (Å²) in [4.78, 5) is 18.4. The third kappa shape index (κ3) is 4.62. The number of H-pyrrole nitrogens is 1. The predicted octanol–water partition coefficient (Wildman–Crippen LogP) is 3.57. The highest BCUT2D eigenvalue weighted by Gasteiger charge is 2.30. The SMILES string of the molecule is Cc1nc(Nc2ccc(C(F)(F)F)cc2)c(-c2noc(=O)[nH]2)c(OCCCO)c1C. The number of hydrogen-bond donors (Lipinski definition) is 3. The minimum Gasteiger partial charge on any atom is -0.492 e. The molecule has 0 spiro atoms. The van der Waals surface area contributed by atoms with Gasteiger partial charge >= 0.3 is 11.9 Å². The summed E-state index contributed by atoms with van der Waals surface area (Å²) >= 11 is 0. The van der Waals surface area contributed by atoms with Crippen LogP contribution in [0.2, 0.25) is 0 Å². The maximum atomic E-state index is 12.8. The van der Waals surface area contributed by atoms with Crippen LogP contribution in [-0.2, 0) is 6.18 Å². The molecule has 0 aliphatic heterocycles. The fourth-order valence-electron chi connectivity index (χ4n) is 2.71. The Morgan fingerprint density at radius 3 is 2.50 bits per heavy atom. The second-order valence-corrected chi connectivity index (χ2v) is 6.44. The molecule has 0 unspecified atom stereocenters. The van der Waals surface area contributed by atoms with Crippen LogP contribution in [0.1, 0.15) is 23.2 Å². The fourth-order valence-corrected chi connectivity index (χ4v) is 2.71. The summed E-state index contributed by atoms with van der Waals surface area (Å²) in [5.74, 6) is -0.176. The molecule has 0 aliphatic carbocycles. The van der Waals surface area contributed by atoms with Crippen LogP contribution in [0.25, 0.3) is 11.4 Å². The van der Waals surface area contributed by atoms with E-state index in [0.29, 0.717) is 29.1 Å². The molecule has 0 aliphatic rings. The third-order valence-electron chi connectivity index (χ3n) is 4.33. The van der Waals surface area contributed by atoms with Gasteiger partial charge < -0.3 is 15.2 Å². The van der Waals surface area contributed by atoms with Crippen molar-refractivity contribution in [3.63, 3.8) is 0 Å². The lowest BCUT2D eigenvalue weighted by Gasteiger charge is -2.18. The number of aryl methyl sites for hydroxylation is 1. The quantitative estimate of drug-likeness (QED) is 0.497. The number of hydrogen-bond acceptors (Lipinski definition) is 7. The highest BCUT2D eigenvalue weighted by atomic mass is 19.4. The van der Waals surface area contributed by atoms with E-state index in [2.05, 4.69) is 25.0 Å². The van der Waals surface area contributed by atoms with Gasteiger partial charge in [-0.2, -0.15) is 13.2 Å². The normalized spacial score (nSPS) is 11.5. The summed E-state index contributed by atoms with van der Waals surface area (Å²) in [6, 6.07) is 4.42. The van der Waals surface area contributed by atoms with Gasteiger partial charge in [0.2, 0.25) is 0 Å². The van der Waals surface area contributed by atoms with Crippen LogP contribution >= 0.6 is 0 Å². The van der Waals surface area contributed by atoms with E-state index in [1.54, 1.807) is 13.8 Å². The summed E-state index contributed by atoms with van der Waals surface area (Å²) in [6.45, 7) is 3.62. The van der Waals surface area contributed by atoms with Gasteiger partial charge in [0.1, 0.15) is 17.1 Å². The molecule has 0 radical (unpaired) electrons. The zero-order chi connectivity index (χ0) is 21.9. The van der Waals surface area contributed by atoms with Crippen molar-refractivity contribution in [1.29, 1.82) is 0 Å². The topological polar surface area (TPSA) is 113 Å². The molecule has 0 saturated carbocycles. The Morgan fingerprint density at radius 2 is 1.93 bits per heavy atom. The number of rotatable bonds is 7. The molecule has 0 atom stereocenters. The minimum atomic E-state index is -4.45. The highest BCUT2D eigenvalue weighted by Crippen LogP contribution is 2.39. The van der Waals surface area contributed by atoms with Gasteiger partial charge in [-0.3, -0.25) is 9.51 Å². The molecule has 0 saturated heterocycles. The van der Waals surface area contributed by atoms with Crippen LogP contribution < -0.4 is 15.8 Å². The van der Waals surface area contributed by atoms with E-state index < -0.39 is 17.5 Å². The number of benzene rings is 1. The van der Waals surface area contributed by atoms with E-state index in [4.69, 9.17) is 9.84 Å². The third-order valence-corrected chi connectivity index (χ3v) is 4.33. The number of nitrogens with zero attached hydrogens (tertiary/aromatic N) is 2. The summed E-state index contributed by atoms with van der Waals surface area (Å²) in [5, 5.41) is 15.7. The van der Waals surface area contributed by atoms with Gasteiger partial charge in [-0.05, 0) is 38.1 Å². The molecular weight excluding hydrogens is 405 g/mol. The number of nitrogens with one attached hydrogen (secondary N) is 2. The standard InChI is InChI=1S/C19H19F3N4O4/c1-10-11(2)23-16(24-13-6-4-12(5-7-13)19(20,21)22)14(15(10)29-9-3-8-27)17-25-18(28)30-26-17/h4-7,27H,3,8-9H2,1-2H3,(H,23,24)(H,25,26,28). The first-order valence-corrected chi connectivity index (χ1v) is 8.96. The van der Waals surface area contributed by atoms with Crippen LogP contribution in [0, 0.1) is 13.8 Å². The van der Waals surface area contributed by atoms with Gasteiger partial charge in [0, 0.05) is 30.0 Å². The smallest absolute Gasteiger partial charge is 0.439 e. The second-order valence-electron chi connectivity index (χ2n) is 6.44. The molecule has 0 amide bonds. The number of aromatic amines is 1. The molecule has 3 rings (SSSR count). The number of halogens is 3. The molecule has 1 aromatic carbocycles. The van der Waals surface area contributed by atoms with Crippen molar-refractivity contribution in [2.24, 2.45) is 0 Å². The Hall–Kier alpha value is -3.34. The number of aliphatic hydroxyl groups excluding tert-OH is 1. The van der Waals surface area contributed by atoms with Crippen LogP contribution in [0.5, 0.6) is 5.75 Å². The first-order chi connectivity index (χ1) is 14.2. The zero-order valence-corrected chi connectivity index (χ0v) is 16.1. The molecule has 2 heterocycles. The number of anilines is 2. The summed E-state index contributed by atoms with van der Waals surface area (Å²) in [5.41, 5.74) is 1.10. The van der Waals surface area contributed by atoms with E-state index in [9.17, 15) is 18.0 Å². The van der Waals surface area contributed by atoms with Crippen molar-refractivity contribution in [2.75, 3.05) is 18.5 Å². The van der Waals surface area contributed by atoms with Crippen molar-refractivity contribution < 1.29 is 27.5 Å². The molecule has 8 nitrogen and oxygen atoms in total. The van der Waals surface area contributed by atoms with Crippen molar-refractivity contribution in [2.45, 2.75) is 26.4 Å². The van der Waals surface area contributed by atoms with Crippen LogP contribution in [0.15, 0.2) is 33.6 Å². The summed E-state index contributed by atoms with van der Waals surface area (Å²) < 4.78 is 48.8. The number of aliphatic hydroxyl groups is 1. The van der Waals surface area contributed by atoms with E-state index >= 15 is 0 Å². The van der Waals surface area contributed by atoms with Crippen LogP contribution in [-0.4, -0.2) is 33.4 Å². The average molecular weight is 424 g/mol. The molecular formula is C19H19F3N4O4. The lowest BCUT2D eigenvalue weighted by molar-refractivity contribution is -0.137. The van der Waals surface area contributed by atoms with Gasteiger partial charge in [-0.25, -0.2) is 9.78 Å². The average Bonchev–Trinajstić information content (AvgIpc) is 3.11. The summed E-state index contributed by atoms with van der Waals surface area (Å²) in [6.07, 6.45) is -4.08. The van der Waals surface area contributed by atoms with E-state index in [1.165, 1.54) is 12.1 Å². The lowest BCUT2D eigenvalue weighted by atomic mass is 10.1. The minimum absolute atomic E-state index is 0.0454. The van der Waals surface area contributed by atoms with Gasteiger partial charge in [0.25, 0.3) is 0 Å².